The van der Waals surface area contributed by atoms with Gasteiger partial charge in [-0.3, -0.25) is 9.59 Å². The first-order chi connectivity index (χ1) is 13.3. The molecule has 1 heterocycles. The van der Waals surface area contributed by atoms with Gasteiger partial charge in [0.2, 0.25) is 5.69 Å². The molecule has 2 N–H and O–H groups in total. The summed E-state index contributed by atoms with van der Waals surface area (Å²) in [5.74, 6) is -0.968. The maximum atomic E-state index is 14.4. The highest BCUT2D eigenvalue weighted by Crippen LogP contribution is 2.26. The number of nitrogens with one attached hydrogen (secondary N) is 2. The molecule has 0 unspecified atom stereocenters. The molecular formula is C21H24FN3O3. The molecule has 0 spiro atoms. The molecule has 0 bridgehead atoms. The molecule has 0 atom stereocenters. The smallest absolute Gasteiger partial charge is 0.257 e. The van der Waals surface area contributed by atoms with Crippen LogP contribution in [0.15, 0.2) is 30.5 Å². The average Bonchev–Trinajstić information content (AvgIpc) is 3.46. The van der Waals surface area contributed by atoms with Crippen molar-refractivity contribution in [3.8, 4) is 11.3 Å². The minimum atomic E-state index is -0.558. The molecule has 3 rings (SSSR count). The van der Waals surface area contributed by atoms with E-state index in [0.717, 1.165) is 12.8 Å². The van der Waals surface area contributed by atoms with E-state index in [1.54, 1.807) is 6.92 Å². The third-order valence-corrected chi connectivity index (χ3v) is 4.64. The molecule has 2 aromatic rings. The molecule has 1 aromatic heterocycles. The van der Waals surface area contributed by atoms with E-state index in [9.17, 15) is 19.2 Å². The molecule has 0 radical (unpaired) electrons. The van der Waals surface area contributed by atoms with Crippen molar-refractivity contribution in [3.63, 3.8) is 0 Å². The second-order valence-corrected chi connectivity index (χ2v) is 7.61. The maximum absolute atomic E-state index is 14.4. The topological polar surface area (TPSA) is 85.1 Å². The molecule has 28 heavy (non-hydrogen) atoms. The van der Waals surface area contributed by atoms with Crippen LogP contribution in [0, 0.1) is 23.9 Å². The highest BCUT2D eigenvalue weighted by Gasteiger charge is 2.25. The lowest BCUT2D eigenvalue weighted by Gasteiger charge is -2.12. The molecule has 0 saturated heterocycles. The Kier molecular flexibility index (Phi) is 5.63. The number of benzene rings is 1. The summed E-state index contributed by atoms with van der Waals surface area (Å²) < 4.78 is 14.9. The highest BCUT2D eigenvalue weighted by molar-refractivity contribution is 5.96. The van der Waals surface area contributed by atoms with Crippen LogP contribution < -0.4 is 15.4 Å². The van der Waals surface area contributed by atoms with E-state index in [1.165, 1.54) is 30.5 Å². The number of hydrogen-bond donors (Lipinski definition) is 2. The third-order valence-electron chi connectivity index (χ3n) is 4.64. The first-order valence-corrected chi connectivity index (χ1v) is 9.39. The molecule has 1 aromatic carbocycles. The largest absolute Gasteiger partial charge is 0.618 e. The summed E-state index contributed by atoms with van der Waals surface area (Å²) in [6, 6.07) is 5.83. The number of carbonyl (C=O) groups is 2. The van der Waals surface area contributed by atoms with Gasteiger partial charge in [0.25, 0.3) is 11.8 Å². The SMILES string of the molecule is Cc1c(F)cc(C(=O)NC2CC2)cc1-c1ccc(C(=O)NCC(C)C)c[n+]1[O-]. The van der Waals surface area contributed by atoms with Gasteiger partial charge in [-0.15, -0.1) is 0 Å². The number of amides is 2. The normalized spacial score (nSPS) is 13.5. The molecule has 2 amide bonds. The first-order valence-electron chi connectivity index (χ1n) is 9.39. The van der Waals surface area contributed by atoms with Crippen LogP contribution in [-0.4, -0.2) is 24.4 Å². The Balaban J connectivity index is 1.90. The molecule has 1 aliphatic rings. The van der Waals surface area contributed by atoms with Crippen molar-refractivity contribution in [2.45, 2.75) is 39.7 Å². The molecule has 0 aliphatic heterocycles. The van der Waals surface area contributed by atoms with E-state index in [2.05, 4.69) is 10.6 Å². The number of hydrogen-bond acceptors (Lipinski definition) is 3. The van der Waals surface area contributed by atoms with Crippen molar-refractivity contribution in [1.29, 1.82) is 0 Å². The molecule has 1 aliphatic carbocycles. The third kappa shape index (κ3) is 4.47. The predicted molar refractivity (Wildman–Crippen MR) is 103 cm³/mol. The zero-order valence-electron chi connectivity index (χ0n) is 16.2. The summed E-state index contributed by atoms with van der Waals surface area (Å²) in [7, 11) is 0. The summed E-state index contributed by atoms with van der Waals surface area (Å²) in [5, 5.41) is 18.1. The van der Waals surface area contributed by atoms with Crippen molar-refractivity contribution < 1.29 is 18.7 Å². The Labute approximate surface area is 163 Å². The second kappa shape index (κ2) is 7.96. The van der Waals surface area contributed by atoms with Gasteiger partial charge in [-0.1, -0.05) is 13.8 Å². The lowest BCUT2D eigenvalue weighted by molar-refractivity contribution is -0.593. The Hall–Kier alpha value is -2.96. The molecule has 148 valence electrons. The summed E-state index contributed by atoms with van der Waals surface area (Å²) in [5.41, 5.74) is 1.16. The standard InChI is InChI=1S/C21H24FN3O3/c1-12(2)10-23-20(26)14-4-7-19(25(28)11-14)17-8-15(9-18(22)13(17)3)21(27)24-16-5-6-16/h4,7-9,11-12,16H,5-6,10H2,1-3H3,(H,23,26)(H,24,27). The van der Waals surface area contributed by atoms with Crippen molar-refractivity contribution in [2.75, 3.05) is 6.54 Å². The van der Waals surface area contributed by atoms with Gasteiger partial charge in [0.05, 0.1) is 5.56 Å². The van der Waals surface area contributed by atoms with Crippen LogP contribution >= 0.6 is 0 Å². The van der Waals surface area contributed by atoms with E-state index in [-0.39, 0.29) is 46.2 Å². The quantitative estimate of drug-likeness (QED) is 0.592. The predicted octanol–water partition coefficient (Wildman–Crippen LogP) is 2.71. The Morgan fingerprint density at radius 3 is 2.54 bits per heavy atom. The van der Waals surface area contributed by atoms with Crippen molar-refractivity contribution in [3.05, 3.63) is 58.2 Å². The fourth-order valence-electron chi connectivity index (χ4n) is 2.80. The van der Waals surface area contributed by atoms with Gasteiger partial charge >= 0.3 is 0 Å². The zero-order valence-corrected chi connectivity index (χ0v) is 16.2. The van der Waals surface area contributed by atoms with Crippen LogP contribution in [-0.2, 0) is 0 Å². The van der Waals surface area contributed by atoms with Gasteiger partial charge in [0.1, 0.15) is 11.4 Å². The van der Waals surface area contributed by atoms with Gasteiger partial charge in [-0.25, -0.2) is 4.39 Å². The van der Waals surface area contributed by atoms with Gasteiger partial charge in [-0.2, -0.15) is 4.73 Å². The van der Waals surface area contributed by atoms with Crippen LogP contribution in [0.1, 0.15) is 53.0 Å². The Bertz CT molecular complexity index is 923. The summed E-state index contributed by atoms with van der Waals surface area (Å²) >= 11 is 0. The highest BCUT2D eigenvalue weighted by atomic mass is 19.1. The second-order valence-electron chi connectivity index (χ2n) is 7.61. The van der Waals surface area contributed by atoms with Crippen molar-refractivity contribution >= 4 is 11.8 Å². The number of halogens is 1. The Morgan fingerprint density at radius 2 is 1.93 bits per heavy atom. The lowest BCUT2D eigenvalue weighted by atomic mass is 10.00. The average molecular weight is 385 g/mol. The maximum Gasteiger partial charge on any atom is 0.257 e. The monoisotopic (exact) mass is 385 g/mol. The molecule has 1 saturated carbocycles. The van der Waals surface area contributed by atoms with E-state index < -0.39 is 5.82 Å². The minimum Gasteiger partial charge on any atom is -0.618 e. The van der Waals surface area contributed by atoms with E-state index >= 15 is 0 Å². The van der Waals surface area contributed by atoms with E-state index in [4.69, 9.17) is 0 Å². The molecule has 1 fully saturated rings. The van der Waals surface area contributed by atoms with Crippen LogP contribution in [0.5, 0.6) is 0 Å². The number of pyridine rings is 1. The van der Waals surface area contributed by atoms with Crippen molar-refractivity contribution in [2.24, 2.45) is 5.92 Å². The summed E-state index contributed by atoms with van der Waals surface area (Å²) in [6.07, 6.45) is 3.01. The summed E-state index contributed by atoms with van der Waals surface area (Å²) in [6.45, 7) is 6.00. The van der Waals surface area contributed by atoms with Gasteiger partial charge in [0, 0.05) is 24.2 Å². The van der Waals surface area contributed by atoms with Crippen LogP contribution in [0.25, 0.3) is 11.3 Å². The molecule has 6 nitrogen and oxygen atoms in total. The van der Waals surface area contributed by atoms with Gasteiger partial charge in [-0.05, 0) is 49.4 Å². The number of carbonyl (C=O) groups excluding carboxylic acids is 2. The summed E-state index contributed by atoms with van der Waals surface area (Å²) in [4.78, 5) is 24.4. The minimum absolute atomic E-state index is 0.147. The van der Waals surface area contributed by atoms with E-state index in [1.807, 2.05) is 13.8 Å². The molecule has 7 heteroatoms. The first kappa shape index (κ1) is 19.8. The van der Waals surface area contributed by atoms with Crippen LogP contribution in [0.3, 0.4) is 0 Å². The Morgan fingerprint density at radius 1 is 1.21 bits per heavy atom. The van der Waals surface area contributed by atoms with E-state index in [0.29, 0.717) is 16.8 Å². The van der Waals surface area contributed by atoms with Crippen molar-refractivity contribution in [1.82, 2.24) is 10.6 Å². The number of aromatic nitrogens is 1. The number of rotatable bonds is 6. The fraction of sp³-hybridized carbons (Fsp3) is 0.381. The number of nitrogens with zero attached hydrogens (tertiary/aromatic N) is 1. The van der Waals surface area contributed by atoms with Gasteiger partial charge < -0.3 is 15.8 Å². The fourth-order valence-corrected chi connectivity index (χ4v) is 2.80. The molecular weight excluding hydrogens is 361 g/mol. The van der Waals surface area contributed by atoms with Crippen LogP contribution in [0.2, 0.25) is 0 Å². The van der Waals surface area contributed by atoms with Gasteiger partial charge in [0.15, 0.2) is 6.20 Å². The van der Waals surface area contributed by atoms with Crippen LogP contribution in [0.4, 0.5) is 4.39 Å². The lowest BCUT2D eigenvalue weighted by Crippen LogP contribution is -2.34. The zero-order chi connectivity index (χ0) is 20.4.